The third-order valence-corrected chi connectivity index (χ3v) is 5.95. The van der Waals surface area contributed by atoms with Gasteiger partial charge in [-0.3, -0.25) is 0 Å². The van der Waals surface area contributed by atoms with Crippen LogP contribution >= 0.6 is 0 Å². The standard InChI is InChI=1S/C30H28N2O4/c1-5-15-34-22-8-6-7-20(16-22)27-24-14-13-23(17-26(24)36-28(32)25(27)18-31)35-29(33)19-9-11-21(12-10-19)30(2,3)4/h5-14,16-17,27H,1,15,32H2,2-4H3. The number of nitriles is 1. The van der Waals surface area contributed by atoms with Gasteiger partial charge in [0.05, 0.1) is 11.5 Å². The van der Waals surface area contributed by atoms with Crippen LogP contribution in [0.4, 0.5) is 0 Å². The molecule has 3 aromatic carbocycles. The minimum atomic E-state index is -0.476. The molecule has 6 heteroatoms. The van der Waals surface area contributed by atoms with E-state index in [0.29, 0.717) is 35.0 Å². The van der Waals surface area contributed by atoms with Gasteiger partial charge in [0.25, 0.3) is 0 Å². The normalized spacial score (nSPS) is 14.8. The quantitative estimate of drug-likeness (QED) is 0.265. The van der Waals surface area contributed by atoms with Gasteiger partial charge in [-0.05, 0) is 46.9 Å². The van der Waals surface area contributed by atoms with Crippen molar-refractivity contribution in [1.82, 2.24) is 0 Å². The van der Waals surface area contributed by atoms with Crippen molar-refractivity contribution in [2.45, 2.75) is 32.1 Å². The van der Waals surface area contributed by atoms with Crippen molar-refractivity contribution < 1.29 is 19.0 Å². The zero-order chi connectivity index (χ0) is 25.9. The van der Waals surface area contributed by atoms with Crippen molar-refractivity contribution in [2.24, 2.45) is 5.73 Å². The van der Waals surface area contributed by atoms with Crippen LogP contribution in [0.2, 0.25) is 0 Å². The fraction of sp³-hybridized carbons (Fsp3) is 0.200. The minimum absolute atomic E-state index is 0.00802. The summed E-state index contributed by atoms with van der Waals surface area (Å²) >= 11 is 0. The largest absolute Gasteiger partial charge is 0.490 e. The SMILES string of the molecule is C=CCOc1cccc(C2C(C#N)=C(N)Oc3cc(OC(=O)c4ccc(C(C)(C)C)cc4)ccc32)c1. The number of fused-ring (bicyclic) bond motifs is 1. The van der Waals surface area contributed by atoms with Crippen LogP contribution < -0.4 is 19.9 Å². The molecule has 1 aliphatic rings. The molecular weight excluding hydrogens is 452 g/mol. The number of hydrogen-bond acceptors (Lipinski definition) is 6. The molecule has 0 aromatic heterocycles. The molecule has 0 aliphatic carbocycles. The highest BCUT2D eigenvalue weighted by atomic mass is 16.5. The number of esters is 1. The molecule has 0 radical (unpaired) electrons. The molecule has 36 heavy (non-hydrogen) atoms. The van der Waals surface area contributed by atoms with Crippen LogP contribution in [0.3, 0.4) is 0 Å². The van der Waals surface area contributed by atoms with E-state index in [1.165, 1.54) is 0 Å². The minimum Gasteiger partial charge on any atom is -0.490 e. The summed E-state index contributed by atoms with van der Waals surface area (Å²) in [6.07, 6.45) is 1.66. The Morgan fingerprint density at radius 3 is 2.53 bits per heavy atom. The molecule has 4 rings (SSSR count). The molecule has 0 saturated carbocycles. The highest BCUT2D eigenvalue weighted by Crippen LogP contribution is 2.44. The Morgan fingerprint density at radius 2 is 1.86 bits per heavy atom. The zero-order valence-corrected chi connectivity index (χ0v) is 20.6. The second-order valence-corrected chi connectivity index (χ2v) is 9.51. The maximum atomic E-state index is 12.8. The first-order chi connectivity index (χ1) is 17.2. The molecule has 6 nitrogen and oxygen atoms in total. The van der Waals surface area contributed by atoms with Crippen molar-refractivity contribution in [3.05, 3.63) is 113 Å². The van der Waals surface area contributed by atoms with Gasteiger partial charge in [-0.25, -0.2) is 4.79 Å². The third kappa shape index (κ3) is 5.11. The summed E-state index contributed by atoms with van der Waals surface area (Å²) in [5, 5.41) is 9.82. The molecule has 3 aromatic rings. The first-order valence-electron chi connectivity index (χ1n) is 11.6. The lowest BCUT2D eigenvalue weighted by molar-refractivity contribution is 0.0734. The van der Waals surface area contributed by atoms with Gasteiger partial charge < -0.3 is 19.9 Å². The number of rotatable bonds is 6. The Kier molecular flexibility index (Phi) is 6.84. The number of allylic oxidation sites excluding steroid dienone is 1. The summed E-state index contributed by atoms with van der Waals surface area (Å²) in [6.45, 7) is 10.4. The Hall–Kier alpha value is -4.50. The number of ether oxygens (including phenoxy) is 3. The fourth-order valence-electron chi connectivity index (χ4n) is 4.05. The lowest BCUT2D eigenvalue weighted by Crippen LogP contribution is -2.21. The molecule has 2 N–H and O–H groups in total. The van der Waals surface area contributed by atoms with Crippen LogP contribution in [0, 0.1) is 11.3 Å². The summed E-state index contributed by atoms with van der Waals surface area (Å²) in [6, 6.07) is 22.1. The van der Waals surface area contributed by atoms with Crippen LogP contribution in [0.5, 0.6) is 17.2 Å². The Labute approximate surface area is 211 Å². The van der Waals surface area contributed by atoms with Gasteiger partial charge in [-0.15, -0.1) is 0 Å². The van der Waals surface area contributed by atoms with Gasteiger partial charge in [-0.2, -0.15) is 5.26 Å². The van der Waals surface area contributed by atoms with Gasteiger partial charge in [0.2, 0.25) is 5.88 Å². The number of carbonyl (C=O) groups is 1. The molecule has 0 saturated heterocycles. The summed E-state index contributed by atoms with van der Waals surface area (Å²) < 4.78 is 17.0. The number of nitrogens with two attached hydrogens (primary N) is 1. The summed E-state index contributed by atoms with van der Waals surface area (Å²) in [7, 11) is 0. The number of nitrogens with zero attached hydrogens (tertiary/aromatic N) is 1. The molecule has 0 fully saturated rings. The van der Waals surface area contributed by atoms with Crippen LogP contribution in [-0.4, -0.2) is 12.6 Å². The molecule has 1 atom stereocenters. The zero-order valence-electron chi connectivity index (χ0n) is 20.6. The van der Waals surface area contributed by atoms with E-state index in [2.05, 4.69) is 33.4 Å². The molecule has 1 unspecified atom stereocenters. The van der Waals surface area contributed by atoms with Crippen molar-refractivity contribution in [3.8, 4) is 23.3 Å². The van der Waals surface area contributed by atoms with Crippen molar-refractivity contribution in [2.75, 3.05) is 6.61 Å². The maximum Gasteiger partial charge on any atom is 0.343 e. The lowest BCUT2D eigenvalue weighted by atomic mass is 9.83. The summed E-state index contributed by atoms with van der Waals surface area (Å²) in [5.74, 6) is 0.459. The van der Waals surface area contributed by atoms with E-state index in [9.17, 15) is 10.1 Å². The molecule has 0 amide bonds. The molecule has 1 aliphatic heterocycles. The first-order valence-corrected chi connectivity index (χ1v) is 11.6. The van der Waals surface area contributed by atoms with E-state index in [1.807, 2.05) is 36.4 Å². The van der Waals surface area contributed by atoms with E-state index < -0.39 is 11.9 Å². The predicted molar refractivity (Wildman–Crippen MR) is 138 cm³/mol. The fourth-order valence-corrected chi connectivity index (χ4v) is 4.05. The van der Waals surface area contributed by atoms with E-state index in [-0.39, 0.29) is 11.3 Å². The maximum absolute atomic E-state index is 12.8. The number of benzene rings is 3. The lowest BCUT2D eigenvalue weighted by Gasteiger charge is -2.27. The monoisotopic (exact) mass is 480 g/mol. The predicted octanol–water partition coefficient (Wildman–Crippen LogP) is 5.99. The van der Waals surface area contributed by atoms with Crippen LogP contribution in [0.25, 0.3) is 0 Å². The molecule has 182 valence electrons. The van der Waals surface area contributed by atoms with Gasteiger partial charge in [0, 0.05) is 11.6 Å². The van der Waals surface area contributed by atoms with Crippen molar-refractivity contribution in [3.63, 3.8) is 0 Å². The average Bonchev–Trinajstić information content (AvgIpc) is 2.86. The van der Waals surface area contributed by atoms with Gasteiger partial charge >= 0.3 is 5.97 Å². The summed E-state index contributed by atoms with van der Waals surface area (Å²) in [5.41, 5.74) is 9.54. The summed E-state index contributed by atoms with van der Waals surface area (Å²) in [4.78, 5) is 12.8. The number of hydrogen-bond donors (Lipinski definition) is 1. The molecule has 0 spiro atoms. The smallest absolute Gasteiger partial charge is 0.343 e. The third-order valence-electron chi connectivity index (χ3n) is 5.95. The second-order valence-electron chi connectivity index (χ2n) is 9.51. The number of carbonyl (C=O) groups excluding carboxylic acids is 1. The van der Waals surface area contributed by atoms with E-state index in [1.54, 1.807) is 36.4 Å². The van der Waals surface area contributed by atoms with Gasteiger partial charge in [-0.1, -0.05) is 63.8 Å². The van der Waals surface area contributed by atoms with Crippen LogP contribution in [-0.2, 0) is 5.41 Å². The molecule has 1 heterocycles. The molecule has 0 bridgehead atoms. The van der Waals surface area contributed by atoms with E-state index in [4.69, 9.17) is 19.9 Å². The second kappa shape index (κ2) is 10.0. The van der Waals surface area contributed by atoms with Gasteiger partial charge in [0.1, 0.15) is 35.5 Å². The highest BCUT2D eigenvalue weighted by molar-refractivity contribution is 5.91. The first kappa shape index (κ1) is 24.6. The molecular formula is C30H28N2O4. The Balaban J connectivity index is 1.63. The Morgan fingerprint density at radius 1 is 1.11 bits per heavy atom. The topological polar surface area (TPSA) is 94.6 Å². The van der Waals surface area contributed by atoms with E-state index in [0.717, 1.165) is 16.7 Å². The van der Waals surface area contributed by atoms with Crippen LogP contribution in [0.1, 0.15) is 53.7 Å². The highest BCUT2D eigenvalue weighted by Gasteiger charge is 2.31. The van der Waals surface area contributed by atoms with Crippen molar-refractivity contribution >= 4 is 5.97 Å². The van der Waals surface area contributed by atoms with Gasteiger partial charge in [0.15, 0.2) is 0 Å². The average molecular weight is 481 g/mol. The van der Waals surface area contributed by atoms with E-state index >= 15 is 0 Å². The van der Waals surface area contributed by atoms with Crippen molar-refractivity contribution in [1.29, 1.82) is 5.26 Å². The van der Waals surface area contributed by atoms with Crippen LogP contribution in [0.15, 0.2) is 90.8 Å². The Bertz CT molecular complexity index is 1380.